The summed E-state index contributed by atoms with van der Waals surface area (Å²) in [5.74, 6) is 6.51. The largest absolute Gasteiger partial charge is 0.206 e. The van der Waals surface area contributed by atoms with Crippen LogP contribution >= 0.6 is 0 Å². The average Bonchev–Trinajstić information content (AvgIpc) is 2.82. The molecule has 0 saturated carbocycles. The molecule has 0 fully saturated rings. The lowest BCUT2D eigenvalue weighted by atomic mass is 10.0. The first-order chi connectivity index (χ1) is 16.8. The van der Waals surface area contributed by atoms with Crippen LogP contribution in [0.2, 0.25) is 0 Å². The molecule has 0 spiro atoms. The summed E-state index contributed by atoms with van der Waals surface area (Å²) in [5.41, 5.74) is 1.05. The topological polar surface area (TPSA) is 0 Å². The van der Waals surface area contributed by atoms with Gasteiger partial charge in [-0.1, -0.05) is 43.1 Å². The third kappa shape index (κ3) is 5.70. The summed E-state index contributed by atoms with van der Waals surface area (Å²) in [6.07, 6.45) is 2.33. The van der Waals surface area contributed by atoms with Gasteiger partial charge in [0.2, 0.25) is 0 Å². The van der Waals surface area contributed by atoms with Gasteiger partial charge in [0.05, 0.1) is 11.1 Å². The number of aryl methyl sites for hydroxylation is 1. The highest BCUT2D eigenvalue weighted by molar-refractivity contribution is 5.84. The Labute approximate surface area is 200 Å². The van der Waals surface area contributed by atoms with Crippen LogP contribution in [0.15, 0.2) is 60.7 Å². The number of unbranched alkanes of at least 4 members (excludes halogenated alkanes) is 1. The second-order valence-electron chi connectivity index (χ2n) is 8.06. The molecule has 0 aromatic heterocycles. The molecule has 4 aromatic carbocycles. The van der Waals surface area contributed by atoms with Gasteiger partial charge in [-0.15, -0.1) is 0 Å². The molecule has 174 valence electrons. The molecule has 0 N–H and O–H groups in total. The van der Waals surface area contributed by atoms with Crippen LogP contribution in [0, 0.1) is 52.8 Å². The third-order valence-corrected chi connectivity index (χ3v) is 5.44. The molecule has 0 unspecified atom stereocenters. The van der Waals surface area contributed by atoms with E-state index in [-0.39, 0.29) is 16.7 Å². The Morgan fingerprint density at radius 3 is 1.89 bits per heavy atom. The van der Waals surface area contributed by atoms with Gasteiger partial charge in [0, 0.05) is 11.1 Å². The fraction of sp³-hybridized carbons (Fsp3) is 0.133. The highest BCUT2D eigenvalue weighted by atomic mass is 19.2. The third-order valence-electron chi connectivity index (χ3n) is 5.44. The van der Waals surface area contributed by atoms with Gasteiger partial charge in [-0.2, -0.15) is 0 Å². The maximum atomic E-state index is 14.5. The van der Waals surface area contributed by atoms with E-state index in [4.69, 9.17) is 0 Å². The molecule has 0 atom stereocenters. The summed E-state index contributed by atoms with van der Waals surface area (Å²) >= 11 is 0. The lowest BCUT2D eigenvalue weighted by Crippen LogP contribution is -1.95. The van der Waals surface area contributed by atoms with Crippen molar-refractivity contribution in [2.45, 2.75) is 26.2 Å². The number of hydrogen-bond acceptors (Lipinski definition) is 0. The highest BCUT2D eigenvalue weighted by Gasteiger charge is 2.09. The van der Waals surface area contributed by atoms with Gasteiger partial charge >= 0.3 is 0 Å². The van der Waals surface area contributed by atoms with Crippen molar-refractivity contribution in [3.63, 3.8) is 0 Å². The average molecular weight is 474 g/mol. The Morgan fingerprint density at radius 2 is 1.20 bits per heavy atom. The van der Waals surface area contributed by atoms with Crippen molar-refractivity contribution in [2.24, 2.45) is 0 Å². The second-order valence-corrected chi connectivity index (χ2v) is 8.06. The molecule has 0 bridgehead atoms. The van der Waals surface area contributed by atoms with Crippen molar-refractivity contribution in [3.8, 4) is 23.7 Å². The first-order valence-corrected chi connectivity index (χ1v) is 11.0. The van der Waals surface area contributed by atoms with E-state index in [9.17, 15) is 22.0 Å². The zero-order valence-corrected chi connectivity index (χ0v) is 18.8. The van der Waals surface area contributed by atoms with Gasteiger partial charge in [-0.05, 0) is 83.8 Å². The first-order valence-electron chi connectivity index (χ1n) is 11.0. The molecule has 0 heterocycles. The fourth-order valence-electron chi connectivity index (χ4n) is 3.56. The van der Waals surface area contributed by atoms with Crippen LogP contribution in [0.1, 0.15) is 47.6 Å². The van der Waals surface area contributed by atoms with Crippen LogP contribution < -0.4 is 0 Å². The van der Waals surface area contributed by atoms with Crippen LogP contribution in [0.3, 0.4) is 0 Å². The fourth-order valence-corrected chi connectivity index (χ4v) is 3.56. The predicted octanol–water partition coefficient (Wildman–Crippen LogP) is 7.68. The molecule has 0 aliphatic rings. The summed E-state index contributed by atoms with van der Waals surface area (Å²) in [5, 5.41) is 0.992. The van der Waals surface area contributed by atoms with Crippen molar-refractivity contribution in [1.29, 1.82) is 0 Å². The molecule has 0 saturated heterocycles. The summed E-state index contributed by atoms with van der Waals surface area (Å²) in [4.78, 5) is 0. The Balaban J connectivity index is 1.55. The quantitative estimate of drug-likeness (QED) is 0.211. The maximum absolute atomic E-state index is 14.5. The molecule has 0 aliphatic heterocycles. The lowest BCUT2D eigenvalue weighted by molar-refractivity contribution is 0.511. The Bertz CT molecular complexity index is 1520. The summed E-state index contributed by atoms with van der Waals surface area (Å²) in [7, 11) is 0. The van der Waals surface area contributed by atoms with Gasteiger partial charge in [0.25, 0.3) is 0 Å². The van der Waals surface area contributed by atoms with Gasteiger partial charge in [-0.25, -0.2) is 22.0 Å². The summed E-state index contributed by atoms with van der Waals surface area (Å²) < 4.78 is 70.0. The first kappa shape index (κ1) is 24.0. The molecule has 35 heavy (non-hydrogen) atoms. The molecule has 4 aromatic rings. The zero-order chi connectivity index (χ0) is 24.9. The Kier molecular flexibility index (Phi) is 7.18. The van der Waals surface area contributed by atoms with E-state index in [1.165, 1.54) is 24.3 Å². The van der Waals surface area contributed by atoms with Crippen molar-refractivity contribution >= 4 is 10.8 Å². The van der Waals surface area contributed by atoms with Gasteiger partial charge < -0.3 is 0 Å². The van der Waals surface area contributed by atoms with Crippen LogP contribution in [-0.4, -0.2) is 0 Å². The minimum atomic E-state index is -0.961. The number of benzene rings is 4. The number of halogens is 5. The monoisotopic (exact) mass is 474 g/mol. The van der Waals surface area contributed by atoms with E-state index in [2.05, 4.69) is 23.7 Å². The smallest absolute Gasteiger partial charge is 0.159 e. The van der Waals surface area contributed by atoms with E-state index in [0.717, 1.165) is 31.0 Å². The van der Waals surface area contributed by atoms with Crippen LogP contribution in [0.5, 0.6) is 0 Å². The Morgan fingerprint density at radius 1 is 0.571 bits per heavy atom. The van der Waals surface area contributed by atoms with Gasteiger partial charge in [0.1, 0.15) is 17.5 Å². The highest BCUT2D eigenvalue weighted by Crippen LogP contribution is 2.20. The van der Waals surface area contributed by atoms with E-state index < -0.39 is 29.1 Å². The predicted molar refractivity (Wildman–Crippen MR) is 127 cm³/mol. The SMILES string of the molecule is CCCCc1cc(F)c(C#Cc2ccc(C#Cc3ccc4cc(F)c(F)cc4c3)c(F)c2)c(F)c1. The molecule has 0 amide bonds. The standard InChI is InChI=1S/C30H19F5/c1-2-3-4-21-15-27(32)25(28(33)16-21)12-8-20-6-10-22(26(31)14-20)9-5-19-7-11-23-17-29(34)30(35)18-24(23)13-19/h6-7,10-11,13-18H,2-4H2,1H3. The molecule has 0 nitrogen and oxygen atoms in total. The van der Waals surface area contributed by atoms with Crippen molar-refractivity contribution < 1.29 is 22.0 Å². The van der Waals surface area contributed by atoms with Gasteiger partial charge in [-0.3, -0.25) is 0 Å². The van der Waals surface area contributed by atoms with Crippen LogP contribution in [0.4, 0.5) is 22.0 Å². The molecular weight excluding hydrogens is 455 g/mol. The van der Waals surface area contributed by atoms with E-state index >= 15 is 0 Å². The molecule has 0 radical (unpaired) electrons. The second kappa shape index (κ2) is 10.5. The maximum Gasteiger partial charge on any atom is 0.159 e. The van der Waals surface area contributed by atoms with E-state index in [1.807, 2.05) is 6.92 Å². The Hall–Kier alpha value is -4.09. The molecule has 5 heteroatoms. The van der Waals surface area contributed by atoms with E-state index in [1.54, 1.807) is 18.2 Å². The molecule has 0 aliphatic carbocycles. The summed E-state index contributed by atoms with van der Waals surface area (Å²) in [6, 6.07) is 13.6. The molecular formula is C30H19F5. The number of fused-ring (bicyclic) bond motifs is 1. The number of rotatable bonds is 3. The lowest BCUT2D eigenvalue weighted by Gasteiger charge is -2.03. The normalized spacial score (nSPS) is 10.5. The van der Waals surface area contributed by atoms with E-state index in [0.29, 0.717) is 28.3 Å². The van der Waals surface area contributed by atoms with Crippen molar-refractivity contribution in [3.05, 3.63) is 118 Å². The van der Waals surface area contributed by atoms with Crippen LogP contribution in [-0.2, 0) is 6.42 Å². The van der Waals surface area contributed by atoms with Gasteiger partial charge in [0.15, 0.2) is 11.6 Å². The van der Waals surface area contributed by atoms with Crippen molar-refractivity contribution in [2.75, 3.05) is 0 Å². The molecule has 4 rings (SSSR count). The minimum absolute atomic E-state index is 0.0959. The van der Waals surface area contributed by atoms with Crippen molar-refractivity contribution in [1.82, 2.24) is 0 Å². The van der Waals surface area contributed by atoms with Crippen LogP contribution in [0.25, 0.3) is 10.8 Å². The summed E-state index contributed by atoms with van der Waals surface area (Å²) in [6.45, 7) is 2.00. The minimum Gasteiger partial charge on any atom is -0.206 e. The number of hydrogen-bond donors (Lipinski definition) is 0. The zero-order valence-electron chi connectivity index (χ0n) is 18.8.